The zero-order valence-corrected chi connectivity index (χ0v) is 23.9. The fourth-order valence-corrected chi connectivity index (χ4v) is 5.66. The summed E-state index contributed by atoms with van der Waals surface area (Å²) in [6.07, 6.45) is 0. The number of nitrogens with two attached hydrogens (primary N) is 2. The van der Waals surface area contributed by atoms with Gasteiger partial charge in [0, 0.05) is 28.4 Å². The summed E-state index contributed by atoms with van der Waals surface area (Å²) in [5.74, 6) is 0. The number of nitrogens with zero attached hydrogens (tertiary/aromatic N) is 2. The predicted molar refractivity (Wildman–Crippen MR) is 180 cm³/mol. The first-order valence-electron chi connectivity index (χ1n) is 14.1. The third-order valence-corrected chi connectivity index (χ3v) is 7.63. The largest absolute Gasteiger partial charge is 0.399 e. The van der Waals surface area contributed by atoms with E-state index in [9.17, 15) is 0 Å². The molecule has 0 spiro atoms. The second-order valence-corrected chi connectivity index (χ2v) is 10.4. The van der Waals surface area contributed by atoms with Gasteiger partial charge in [-0.1, -0.05) is 78.9 Å². The Morgan fingerprint density at radius 1 is 0.452 bits per heavy atom. The molecule has 0 heterocycles. The van der Waals surface area contributed by atoms with Crippen molar-refractivity contribution >= 4 is 45.5 Å². The topological polar surface area (TPSA) is 58.5 Å². The fraction of sp³-hybridized carbons (Fsp3) is 0.0526. The summed E-state index contributed by atoms with van der Waals surface area (Å²) in [4.78, 5) is 4.50. The highest BCUT2D eigenvalue weighted by Crippen LogP contribution is 2.50. The summed E-state index contributed by atoms with van der Waals surface area (Å²) in [7, 11) is 0. The van der Waals surface area contributed by atoms with E-state index in [0.29, 0.717) is 5.69 Å². The van der Waals surface area contributed by atoms with Gasteiger partial charge in [0.1, 0.15) is 0 Å². The van der Waals surface area contributed by atoms with E-state index in [1.54, 1.807) is 0 Å². The number of anilines is 8. The molecule has 0 atom stereocenters. The van der Waals surface area contributed by atoms with Crippen LogP contribution in [0.1, 0.15) is 11.1 Å². The molecule has 0 fully saturated rings. The molecule has 0 radical (unpaired) electrons. The Kier molecular flexibility index (Phi) is 7.35. The van der Waals surface area contributed by atoms with Crippen molar-refractivity contribution in [1.82, 2.24) is 0 Å². The number of hydrogen-bond donors (Lipinski definition) is 2. The first kappa shape index (κ1) is 26.7. The second kappa shape index (κ2) is 11.6. The normalized spacial score (nSPS) is 10.8. The van der Waals surface area contributed by atoms with Crippen LogP contribution in [0, 0.1) is 13.8 Å². The number of benzene rings is 6. The molecule has 0 aliphatic rings. The van der Waals surface area contributed by atoms with Gasteiger partial charge in [0.05, 0.1) is 17.1 Å². The first-order valence-corrected chi connectivity index (χ1v) is 14.1. The molecule has 0 aliphatic heterocycles. The van der Waals surface area contributed by atoms with Crippen LogP contribution in [0.4, 0.5) is 45.5 Å². The monoisotopic (exact) mass is 546 g/mol. The Morgan fingerprint density at radius 2 is 0.881 bits per heavy atom. The maximum atomic E-state index is 7.34. The molecule has 6 rings (SSSR count). The lowest BCUT2D eigenvalue weighted by Crippen LogP contribution is -2.18. The van der Waals surface area contributed by atoms with Gasteiger partial charge < -0.3 is 21.3 Å². The lowest BCUT2D eigenvalue weighted by atomic mass is 9.92. The van der Waals surface area contributed by atoms with Crippen LogP contribution in [0.2, 0.25) is 0 Å². The highest BCUT2D eigenvalue weighted by Gasteiger charge is 2.26. The molecule has 4 heteroatoms. The highest BCUT2D eigenvalue weighted by molar-refractivity contribution is 6.00. The van der Waals surface area contributed by atoms with Crippen molar-refractivity contribution in [3.63, 3.8) is 0 Å². The van der Waals surface area contributed by atoms with Crippen LogP contribution >= 0.6 is 0 Å². The Morgan fingerprint density at radius 3 is 1.31 bits per heavy atom. The molecular weight excluding hydrogens is 512 g/mol. The molecule has 42 heavy (non-hydrogen) atoms. The van der Waals surface area contributed by atoms with Crippen LogP contribution in [0.15, 0.2) is 146 Å². The Hall–Kier alpha value is -5.48. The van der Waals surface area contributed by atoms with Gasteiger partial charge in [0.15, 0.2) is 0 Å². The van der Waals surface area contributed by atoms with Crippen molar-refractivity contribution in [1.29, 1.82) is 0 Å². The van der Waals surface area contributed by atoms with Crippen LogP contribution in [0.5, 0.6) is 0 Å². The number of rotatable bonds is 7. The van der Waals surface area contributed by atoms with E-state index in [0.717, 1.165) is 62.1 Å². The summed E-state index contributed by atoms with van der Waals surface area (Å²) in [5.41, 5.74) is 25.3. The molecule has 4 N–H and O–H groups in total. The minimum absolute atomic E-state index is 0.685. The van der Waals surface area contributed by atoms with E-state index in [2.05, 4.69) is 133 Å². The molecule has 6 aromatic rings. The standard InChI is InChI=1S/C38H34N4/c1-27-25-29(39)23-24-34(27)35-26-36(41(30-15-7-3-8-16-30)31-17-9-4-10-18-31)37(40)38(28(35)2)42(32-19-11-5-12-20-32)33-21-13-6-14-22-33/h3-26H,39-40H2,1-2H3. The minimum Gasteiger partial charge on any atom is -0.399 e. The molecular formula is C38H34N4. The van der Waals surface area contributed by atoms with Crippen molar-refractivity contribution in [2.24, 2.45) is 0 Å². The predicted octanol–water partition coefficient (Wildman–Crippen LogP) is 10.1. The lowest BCUT2D eigenvalue weighted by Gasteiger charge is -2.34. The number of aryl methyl sites for hydroxylation is 1. The molecule has 0 bridgehead atoms. The summed E-state index contributed by atoms with van der Waals surface area (Å²) in [5, 5.41) is 0. The van der Waals surface area contributed by atoms with Crippen LogP contribution in [-0.2, 0) is 0 Å². The van der Waals surface area contributed by atoms with Crippen molar-refractivity contribution in [2.75, 3.05) is 21.3 Å². The van der Waals surface area contributed by atoms with Gasteiger partial charge in [0.2, 0.25) is 0 Å². The van der Waals surface area contributed by atoms with Crippen molar-refractivity contribution < 1.29 is 0 Å². The van der Waals surface area contributed by atoms with Gasteiger partial charge in [-0.2, -0.15) is 0 Å². The molecule has 4 nitrogen and oxygen atoms in total. The molecule has 206 valence electrons. The average Bonchev–Trinajstić information content (AvgIpc) is 3.03. The highest BCUT2D eigenvalue weighted by atomic mass is 15.2. The van der Waals surface area contributed by atoms with Gasteiger partial charge in [-0.05, 0) is 103 Å². The van der Waals surface area contributed by atoms with Gasteiger partial charge in [-0.3, -0.25) is 0 Å². The number of para-hydroxylation sites is 4. The molecule has 0 saturated carbocycles. The maximum Gasteiger partial charge on any atom is 0.0807 e. The molecule has 0 amide bonds. The Balaban J connectivity index is 1.72. The lowest BCUT2D eigenvalue weighted by molar-refractivity contribution is 1.23. The minimum atomic E-state index is 0.685. The van der Waals surface area contributed by atoms with E-state index in [-0.39, 0.29) is 0 Å². The van der Waals surface area contributed by atoms with Crippen molar-refractivity contribution in [3.8, 4) is 11.1 Å². The van der Waals surface area contributed by atoms with E-state index in [4.69, 9.17) is 11.5 Å². The van der Waals surface area contributed by atoms with Gasteiger partial charge in [-0.25, -0.2) is 0 Å². The third kappa shape index (κ3) is 5.06. The number of nitrogen functional groups attached to an aromatic ring is 2. The molecule has 0 aromatic heterocycles. The number of hydrogen-bond acceptors (Lipinski definition) is 4. The van der Waals surface area contributed by atoms with Crippen LogP contribution in [-0.4, -0.2) is 0 Å². The maximum absolute atomic E-state index is 7.34. The van der Waals surface area contributed by atoms with E-state index < -0.39 is 0 Å². The summed E-state index contributed by atoms with van der Waals surface area (Å²) < 4.78 is 0. The van der Waals surface area contributed by atoms with Gasteiger partial charge in [-0.15, -0.1) is 0 Å². The summed E-state index contributed by atoms with van der Waals surface area (Å²) >= 11 is 0. The summed E-state index contributed by atoms with van der Waals surface area (Å²) in [6, 6.07) is 49.9. The smallest absolute Gasteiger partial charge is 0.0807 e. The Labute approximate surface area is 248 Å². The molecule has 0 saturated heterocycles. The van der Waals surface area contributed by atoms with Gasteiger partial charge in [0.25, 0.3) is 0 Å². The van der Waals surface area contributed by atoms with E-state index >= 15 is 0 Å². The van der Waals surface area contributed by atoms with Crippen molar-refractivity contribution in [3.05, 3.63) is 157 Å². The van der Waals surface area contributed by atoms with Crippen molar-refractivity contribution in [2.45, 2.75) is 13.8 Å². The van der Waals surface area contributed by atoms with Crippen LogP contribution in [0.3, 0.4) is 0 Å². The zero-order chi connectivity index (χ0) is 29.1. The average molecular weight is 547 g/mol. The molecule has 6 aromatic carbocycles. The van der Waals surface area contributed by atoms with Crippen LogP contribution < -0.4 is 21.3 Å². The van der Waals surface area contributed by atoms with Gasteiger partial charge >= 0.3 is 0 Å². The Bertz CT molecular complexity index is 1720. The fourth-order valence-electron chi connectivity index (χ4n) is 5.66. The first-order chi connectivity index (χ1) is 20.5. The molecule has 0 aliphatic carbocycles. The third-order valence-electron chi connectivity index (χ3n) is 7.63. The second-order valence-electron chi connectivity index (χ2n) is 10.4. The van der Waals surface area contributed by atoms with E-state index in [1.807, 2.05) is 36.4 Å². The van der Waals surface area contributed by atoms with Crippen LogP contribution in [0.25, 0.3) is 11.1 Å². The quantitative estimate of drug-likeness (QED) is 0.196. The molecule has 0 unspecified atom stereocenters. The summed E-state index contributed by atoms with van der Waals surface area (Å²) in [6.45, 7) is 4.27. The van der Waals surface area contributed by atoms with E-state index in [1.165, 1.54) is 0 Å². The zero-order valence-electron chi connectivity index (χ0n) is 23.9. The SMILES string of the molecule is Cc1cc(N)ccc1-c1cc(N(c2ccccc2)c2ccccc2)c(N)c(N(c2ccccc2)c2ccccc2)c1C.